The van der Waals surface area contributed by atoms with Crippen molar-refractivity contribution in [2.45, 2.75) is 33.2 Å². The summed E-state index contributed by atoms with van der Waals surface area (Å²) in [5.74, 6) is 0.161. The number of amides is 1. The molecule has 7 nitrogen and oxygen atoms in total. The quantitative estimate of drug-likeness (QED) is 0.363. The number of rotatable bonds is 10. The van der Waals surface area contributed by atoms with E-state index in [4.69, 9.17) is 21.1 Å². The van der Waals surface area contributed by atoms with E-state index < -0.39 is 15.9 Å². The van der Waals surface area contributed by atoms with Crippen LogP contribution in [0.4, 0.5) is 11.4 Å². The van der Waals surface area contributed by atoms with Crippen molar-refractivity contribution >= 4 is 38.9 Å². The Morgan fingerprint density at radius 1 is 0.944 bits per heavy atom. The number of hydrogen-bond donors (Lipinski definition) is 1. The average molecular weight is 531 g/mol. The van der Waals surface area contributed by atoms with E-state index in [1.807, 2.05) is 32.0 Å². The molecule has 0 radical (unpaired) electrons. The Labute approximate surface area is 218 Å². The van der Waals surface area contributed by atoms with Crippen LogP contribution in [-0.4, -0.2) is 34.8 Å². The smallest absolute Gasteiger partial charge is 0.257 e. The fourth-order valence-electron chi connectivity index (χ4n) is 3.98. The zero-order valence-corrected chi connectivity index (χ0v) is 22.7. The minimum absolute atomic E-state index is 0.00246. The predicted molar refractivity (Wildman–Crippen MR) is 145 cm³/mol. The Morgan fingerprint density at radius 2 is 1.50 bits per heavy atom. The molecule has 0 bridgehead atoms. The number of hydrogen-bond acceptors (Lipinski definition) is 5. The standard InChI is InChI=1S/C27H31ClN2O5S/c1-6-19-9-8-10-20(7-2)26(19)29-27(31)22-15-24(34-3)25(35-4)16-23(22)30(36(5,32)33)17-18-11-13-21(28)14-12-18/h8-16H,6-7,17H2,1-5H3,(H,29,31). The first-order valence-electron chi connectivity index (χ1n) is 11.5. The van der Waals surface area contributed by atoms with Crippen molar-refractivity contribution in [1.29, 1.82) is 0 Å². The number of para-hydroxylation sites is 1. The second kappa shape index (κ2) is 11.7. The summed E-state index contributed by atoms with van der Waals surface area (Å²) in [4.78, 5) is 13.7. The van der Waals surface area contributed by atoms with Gasteiger partial charge in [-0.05, 0) is 47.7 Å². The van der Waals surface area contributed by atoms with Gasteiger partial charge in [0.15, 0.2) is 11.5 Å². The van der Waals surface area contributed by atoms with Crippen molar-refractivity contribution < 1.29 is 22.7 Å². The van der Waals surface area contributed by atoms with E-state index in [2.05, 4.69) is 5.32 Å². The third-order valence-electron chi connectivity index (χ3n) is 5.89. The van der Waals surface area contributed by atoms with Crippen LogP contribution >= 0.6 is 11.6 Å². The van der Waals surface area contributed by atoms with Crippen LogP contribution in [0.25, 0.3) is 0 Å². The molecule has 0 aliphatic carbocycles. The maximum absolute atomic E-state index is 13.7. The van der Waals surface area contributed by atoms with Crippen LogP contribution in [0.1, 0.15) is 40.9 Å². The van der Waals surface area contributed by atoms with Gasteiger partial charge in [0.05, 0.1) is 38.3 Å². The van der Waals surface area contributed by atoms with Gasteiger partial charge in [0, 0.05) is 16.8 Å². The van der Waals surface area contributed by atoms with Crippen LogP contribution in [0, 0.1) is 0 Å². The predicted octanol–water partition coefficient (Wildman–Crippen LogP) is 5.70. The second-order valence-corrected chi connectivity index (χ2v) is 10.6. The fraction of sp³-hybridized carbons (Fsp3) is 0.296. The summed E-state index contributed by atoms with van der Waals surface area (Å²) in [6.07, 6.45) is 2.56. The first-order chi connectivity index (χ1) is 17.1. The Bertz CT molecular complexity index is 1320. The number of nitrogens with one attached hydrogen (secondary N) is 1. The van der Waals surface area contributed by atoms with Crippen LogP contribution in [0.5, 0.6) is 11.5 Å². The summed E-state index contributed by atoms with van der Waals surface area (Å²) >= 11 is 6.01. The number of methoxy groups -OCH3 is 2. The van der Waals surface area contributed by atoms with E-state index in [1.165, 1.54) is 30.7 Å². The number of nitrogens with zero attached hydrogens (tertiary/aromatic N) is 1. The molecule has 0 aliphatic rings. The molecule has 192 valence electrons. The van der Waals surface area contributed by atoms with Gasteiger partial charge in [0.1, 0.15) is 0 Å². The lowest BCUT2D eigenvalue weighted by Gasteiger charge is -2.26. The van der Waals surface area contributed by atoms with Crippen molar-refractivity contribution in [3.63, 3.8) is 0 Å². The van der Waals surface area contributed by atoms with Gasteiger partial charge in [0.25, 0.3) is 5.91 Å². The van der Waals surface area contributed by atoms with Gasteiger partial charge < -0.3 is 14.8 Å². The summed E-state index contributed by atoms with van der Waals surface area (Å²) in [7, 11) is -0.886. The Morgan fingerprint density at radius 3 is 2.00 bits per heavy atom. The summed E-state index contributed by atoms with van der Waals surface area (Å²) in [6, 6.07) is 15.8. The zero-order valence-electron chi connectivity index (χ0n) is 21.1. The molecule has 3 rings (SSSR count). The minimum atomic E-state index is -3.80. The van der Waals surface area contributed by atoms with Crippen LogP contribution in [-0.2, 0) is 29.4 Å². The number of carbonyl (C=O) groups is 1. The fourth-order valence-corrected chi connectivity index (χ4v) is 5.00. The maximum Gasteiger partial charge on any atom is 0.257 e. The van der Waals surface area contributed by atoms with Crippen LogP contribution in [0.15, 0.2) is 54.6 Å². The molecule has 3 aromatic rings. The Balaban J connectivity index is 2.18. The lowest BCUT2D eigenvalue weighted by molar-refractivity contribution is 0.102. The average Bonchev–Trinajstić information content (AvgIpc) is 2.86. The number of halogens is 1. The zero-order chi connectivity index (χ0) is 26.5. The van der Waals surface area contributed by atoms with Crippen molar-refractivity contribution in [2.75, 3.05) is 30.1 Å². The molecule has 0 unspecified atom stereocenters. The molecular formula is C27H31ClN2O5S. The molecule has 0 aromatic heterocycles. The third-order valence-corrected chi connectivity index (χ3v) is 7.27. The van der Waals surface area contributed by atoms with Crippen LogP contribution < -0.4 is 19.1 Å². The summed E-state index contributed by atoms with van der Waals surface area (Å²) in [5.41, 5.74) is 3.73. The van der Waals surface area contributed by atoms with Gasteiger partial charge in [-0.2, -0.15) is 0 Å². The first kappa shape index (κ1) is 27.4. The number of anilines is 2. The molecule has 9 heteroatoms. The summed E-state index contributed by atoms with van der Waals surface area (Å²) < 4.78 is 38.0. The Hall–Kier alpha value is -3.23. The molecule has 1 amide bonds. The highest BCUT2D eigenvalue weighted by Crippen LogP contribution is 2.37. The minimum Gasteiger partial charge on any atom is -0.493 e. The van der Waals surface area contributed by atoms with Gasteiger partial charge in [-0.1, -0.05) is 55.8 Å². The van der Waals surface area contributed by atoms with Gasteiger partial charge in [0.2, 0.25) is 10.0 Å². The third kappa shape index (κ3) is 6.12. The monoisotopic (exact) mass is 530 g/mol. The second-order valence-electron chi connectivity index (χ2n) is 8.23. The molecule has 36 heavy (non-hydrogen) atoms. The van der Waals surface area contributed by atoms with E-state index in [0.717, 1.165) is 35.9 Å². The SMILES string of the molecule is CCc1cccc(CC)c1NC(=O)c1cc(OC)c(OC)cc1N(Cc1ccc(Cl)cc1)S(C)(=O)=O. The molecule has 0 saturated heterocycles. The number of sulfonamides is 1. The van der Waals surface area contributed by atoms with Gasteiger partial charge in [-0.25, -0.2) is 8.42 Å². The molecule has 0 saturated carbocycles. The summed E-state index contributed by atoms with van der Waals surface area (Å²) in [5, 5.41) is 3.57. The largest absolute Gasteiger partial charge is 0.493 e. The first-order valence-corrected chi connectivity index (χ1v) is 13.8. The van der Waals surface area contributed by atoms with Crippen molar-refractivity contribution in [2.24, 2.45) is 0 Å². The van der Waals surface area contributed by atoms with E-state index in [9.17, 15) is 13.2 Å². The number of benzene rings is 3. The van der Waals surface area contributed by atoms with Gasteiger partial charge >= 0.3 is 0 Å². The number of carbonyl (C=O) groups excluding carboxylic acids is 1. The molecule has 0 heterocycles. The lowest BCUT2D eigenvalue weighted by atomic mass is 10.0. The van der Waals surface area contributed by atoms with Crippen LogP contribution in [0.2, 0.25) is 5.02 Å². The molecular weight excluding hydrogens is 500 g/mol. The van der Waals surface area contributed by atoms with E-state index in [-0.39, 0.29) is 17.8 Å². The Kier molecular flexibility index (Phi) is 8.87. The van der Waals surface area contributed by atoms with E-state index in [0.29, 0.717) is 22.1 Å². The highest BCUT2D eigenvalue weighted by atomic mass is 35.5. The highest BCUT2D eigenvalue weighted by Gasteiger charge is 2.27. The molecule has 0 aliphatic heterocycles. The number of ether oxygens (including phenoxy) is 2. The molecule has 3 aromatic carbocycles. The molecule has 0 spiro atoms. The normalized spacial score (nSPS) is 11.2. The van der Waals surface area contributed by atoms with E-state index in [1.54, 1.807) is 24.3 Å². The maximum atomic E-state index is 13.7. The molecule has 1 N–H and O–H groups in total. The van der Waals surface area contributed by atoms with E-state index >= 15 is 0 Å². The number of aryl methyl sites for hydroxylation is 2. The topological polar surface area (TPSA) is 84.9 Å². The van der Waals surface area contributed by atoms with Gasteiger partial charge in [-0.3, -0.25) is 9.10 Å². The van der Waals surface area contributed by atoms with Crippen molar-refractivity contribution in [1.82, 2.24) is 0 Å². The lowest BCUT2D eigenvalue weighted by Crippen LogP contribution is -2.31. The van der Waals surface area contributed by atoms with Gasteiger partial charge in [-0.15, -0.1) is 0 Å². The van der Waals surface area contributed by atoms with Crippen LogP contribution in [0.3, 0.4) is 0 Å². The van der Waals surface area contributed by atoms with Crippen molar-refractivity contribution in [3.05, 3.63) is 81.9 Å². The summed E-state index contributed by atoms with van der Waals surface area (Å²) in [6.45, 7) is 4.03. The molecule has 0 fully saturated rings. The highest BCUT2D eigenvalue weighted by molar-refractivity contribution is 7.92. The van der Waals surface area contributed by atoms with Crippen molar-refractivity contribution in [3.8, 4) is 11.5 Å². The molecule has 0 atom stereocenters.